The summed E-state index contributed by atoms with van der Waals surface area (Å²) in [6.07, 6.45) is 0.943. The molecule has 1 unspecified atom stereocenters. The average molecular weight is 395 g/mol. The maximum atomic E-state index is 13.9. The Balaban J connectivity index is 1.68. The van der Waals surface area contributed by atoms with Crippen molar-refractivity contribution >= 4 is 17.2 Å². The minimum absolute atomic E-state index is 0.0554. The normalized spacial score (nSPS) is 20.5. The van der Waals surface area contributed by atoms with E-state index < -0.39 is 23.1 Å². The van der Waals surface area contributed by atoms with Crippen molar-refractivity contribution < 1.29 is 18.7 Å². The van der Waals surface area contributed by atoms with E-state index in [2.05, 4.69) is 4.98 Å². The van der Waals surface area contributed by atoms with E-state index in [0.717, 1.165) is 16.8 Å². The van der Waals surface area contributed by atoms with Gasteiger partial charge in [0.1, 0.15) is 5.01 Å². The fraction of sp³-hybridized carbons (Fsp3) is 0.474. The van der Waals surface area contributed by atoms with Crippen molar-refractivity contribution in [1.82, 2.24) is 14.8 Å². The first-order valence-corrected chi connectivity index (χ1v) is 9.71. The molecule has 27 heavy (non-hydrogen) atoms. The van der Waals surface area contributed by atoms with Gasteiger partial charge in [0, 0.05) is 36.3 Å². The number of aryl methyl sites for hydroxylation is 1. The van der Waals surface area contributed by atoms with Gasteiger partial charge >= 0.3 is 0 Å². The number of likely N-dealkylation sites (N-methyl/N-ethyl adjacent to an activating group) is 1. The van der Waals surface area contributed by atoms with Crippen molar-refractivity contribution in [3.05, 3.63) is 51.5 Å². The molecule has 1 N–H and O–H groups in total. The van der Waals surface area contributed by atoms with Crippen LogP contribution in [-0.2, 0) is 17.9 Å². The third-order valence-electron chi connectivity index (χ3n) is 4.70. The van der Waals surface area contributed by atoms with Gasteiger partial charge in [-0.3, -0.25) is 9.69 Å². The van der Waals surface area contributed by atoms with E-state index in [4.69, 9.17) is 0 Å². The van der Waals surface area contributed by atoms with Gasteiger partial charge in [0.15, 0.2) is 17.2 Å². The zero-order chi connectivity index (χ0) is 19.6. The number of likely N-dealkylation sites (tertiary alicyclic amines) is 1. The van der Waals surface area contributed by atoms with Gasteiger partial charge in [0.2, 0.25) is 0 Å². The van der Waals surface area contributed by atoms with Gasteiger partial charge in [-0.15, -0.1) is 11.3 Å². The molecule has 1 saturated heterocycles. The lowest BCUT2D eigenvalue weighted by Crippen LogP contribution is -2.57. The molecule has 3 rings (SSSR count). The van der Waals surface area contributed by atoms with Crippen LogP contribution in [0.25, 0.3) is 0 Å². The summed E-state index contributed by atoms with van der Waals surface area (Å²) in [5.74, 6) is -2.33. The number of hydrogen-bond donors (Lipinski definition) is 1. The molecule has 1 aromatic carbocycles. The van der Waals surface area contributed by atoms with E-state index >= 15 is 0 Å². The van der Waals surface area contributed by atoms with Crippen molar-refractivity contribution in [1.29, 1.82) is 0 Å². The van der Waals surface area contributed by atoms with Crippen LogP contribution in [0.15, 0.2) is 23.6 Å². The number of thiazole rings is 1. The van der Waals surface area contributed by atoms with Crippen molar-refractivity contribution in [3.63, 3.8) is 0 Å². The molecule has 0 saturated carbocycles. The smallest absolute Gasteiger partial charge is 0.256 e. The Hall–Kier alpha value is -1.90. The van der Waals surface area contributed by atoms with E-state index in [-0.39, 0.29) is 18.7 Å². The highest BCUT2D eigenvalue weighted by molar-refractivity contribution is 7.09. The summed E-state index contributed by atoms with van der Waals surface area (Å²) in [5, 5.41) is 13.8. The molecule has 1 aliphatic rings. The molecular weight excluding hydrogens is 372 g/mol. The lowest BCUT2D eigenvalue weighted by molar-refractivity contribution is -0.160. The largest absolute Gasteiger partial charge is 0.379 e. The number of hydrogen-bond acceptors (Lipinski definition) is 5. The highest BCUT2D eigenvalue weighted by Crippen LogP contribution is 2.26. The van der Waals surface area contributed by atoms with Crippen LogP contribution < -0.4 is 0 Å². The molecule has 1 aromatic heterocycles. The van der Waals surface area contributed by atoms with Gasteiger partial charge < -0.3 is 10.0 Å². The summed E-state index contributed by atoms with van der Waals surface area (Å²) in [6.45, 7) is 2.97. The van der Waals surface area contributed by atoms with Gasteiger partial charge in [0.05, 0.1) is 6.54 Å². The Morgan fingerprint density at radius 1 is 1.41 bits per heavy atom. The molecule has 1 fully saturated rings. The van der Waals surface area contributed by atoms with Gasteiger partial charge in [0.25, 0.3) is 5.91 Å². The first kappa shape index (κ1) is 19.9. The Kier molecular flexibility index (Phi) is 5.88. The highest BCUT2D eigenvalue weighted by atomic mass is 32.1. The number of halogens is 2. The first-order valence-electron chi connectivity index (χ1n) is 8.83. The van der Waals surface area contributed by atoms with Crippen LogP contribution in [0.3, 0.4) is 0 Å². The third kappa shape index (κ3) is 4.51. The highest BCUT2D eigenvalue weighted by Gasteiger charge is 2.43. The third-order valence-corrected chi connectivity index (χ3v) is 5.65. The van der Waals surface area contributed by atoms with Crippen LogP contribution in [0.5, 0.6) is 0 Å². The second kappa shape index (κ2) is 8.00. The number of amides is 1. The number of aliphatic hydroxyl groups is 1. The molecule has 1 aliphatic heterocycles. The van der Waals surface area contributed by atoms with Crippen LogP contribution in [0.4, 0.5) is 8.78 Å². The molecular formula is C19H23F2N3O2S. The van der Waals surface area contributed by atoms with E-state index in [1.807, 2.05) is 24.3 Å². The second-order valence-electron chi connectivity index (χ2n) is 7.13. The molecule has 8 heteroatoms. The number of aromatic nitrogens is 1. The number of carbonyl (C=O) groups excluding carboxylic acids is 1. The van der Waals surface area contributed by atoms with Crippen molar-refractivity contribution in [2.45, 2.75) is 38.5 Å². The quantitative estimate of drug-likeness (QED) is 0.817. The van der Waals surface area contributed by atoms with E-state index in [0.29, 0.717) is 25.9 Å². The van der Waals surface area contributed by atoms with Crippen LogP contribution in [0, 0.1) is 18.6 Å². The van der Waals surface area contributed by atoms with Crippen molar-refractivity contribution in [2.75, 3.05) is 20.1 Å². The Morgan fingerprint density at radius 3 is 2.89 bits per heavy atom. The average Bonchev–Trinajstić information content (AvgIpc) is 3.00. The summed E-state index contributed by atoms with van der Waals surface area (Å²) in [6, 6.07) is 3.91. The monoisotopic (exact) mass is 395 g/mol. The van der Waals surface area contributed by atoms with Crippen molar-refractivity contribution in [2.24, 2.45) is 0 Å². The molecule has 0 radical (unpaired) electrons. The molecule has 5 nitrogen and oxygen atoms in total. The second-order valence-corrected chi connectivity index (χ2v) is 8.07. The molecule has 2 heterocycles. The van der Waals surface area contributed by atoms with Crippen LogP contribution in [0.2, 0.25) is 0 Å². The Morgan fingerprint density at radius 2 is 2.19 bits per heavy atom. The number of piperidine rings is 1. The molecule has 146 valence electrons. The molecule has 0 bridgehead atoms. The zero-order valence-corrected chi connectivity index (χ0v) is 16.2. The fourth-order valence-corrected chi connectivity index (χ4v) is 4.30. The first-order chi connectivity index (χ1) is 12.8. The van der Waals surface area contributed by atoms with Gasteiger partial charge in [-0.2, -0.15) is 0 Å². The Labute approximate surface area is 161 Å². The number of nitrogens with zero attached hydrogens (tertiary/aromatic N) is 3. The maximum Gasteiger partial charge on any atom is 0.256 e. The molecule has 1 amide bonds. The molecule has 0 aliphatic carbocycles. The van der Waals surface area contributed by atoms with Gasteiger partial charge in [-0.25, -0.2) is 13.8 Å². The fourth-order valence-electron chi connectivity index (χ4n) is 3.45. The van der Waals surface area contributed by atoms with Gasteiger partial charge in [-0.05, 0) is 32.9 Å². The van der Waals surface area contributed by atoms with E-state index in [1.54, 1.807) is 0 Å². The standard InChI is InChI=1S/C19H23F2N3O2S/c1-13-11-27-16(22-13)10-23(2)12-19(26)7-4-8-24(18(19)25)9-14-5-3-6-15(20)17(14)21/h3,5-6,11,26H,4,7-10,12H2,1-2H3. The summed E-state index contributed by atoms with van der Waals surface area (Å²) in [4.78, 5) is 20.5. The number of benzene rings is 1. The van der Waals surface area contributed by atoms with Crippen LogP contribution in [-0.4, -0.2) is 51.5 Å². The van der Waals surface area contributed by atoms with Crippen molar-refractivity contribution in [3.8, 4) is 0 Å². The zero-order valence-electron chi connectivity index (χ0n) is 15.4. The van der Waals surface area contributed by atoms with Gasteiger partial charge in [-0.1, -0.05) is 12.1 Å². The predicted molar refractivity (Wildman–Crippen MR) is 99.1 cm³/mol. The summed E-state index contributed by atoms with van der Waals surface area (Å²) in [5.41, 5.74) is -0.485. The molecule has 0 spiro atoms. The summed E-state index contributed by atoms with van der Waals surface area (Å²) < 4.78 is 27.4. The molecule has 1 atom stereocenters. The predicted octanol–water partition coefficient (Wildman–Crippen LogP) is 2.72. The van der Waals surface area contributed by atoms with Crippen LogP contribution >= 0.6 is 11.3 Å². The Bertz CT molecular complexity index is 829. The SMILES string of the molecule is Cc1csc(CN(C)CC2(O)CCCN(Cc3cccc(F)c3F)C2=O)n1. The lowest BCUT2D eigenvalue weighted by Gasteiger charge is -2.40. The summed E-state index contributed by atoms with van der Waals surface area (Å²) in [7, 11) is 1.83. The van der Waals surface area contributed by atoms with Crippen LogP contribution in [0.1, 0.15) is 29.1 Å². The minimum atomic E-state index is -1.54. The topological polar surface area (TPSA) is 56.7 Å². The summed E-state index contributed by atoms with van der Waals surface area (Å²) >= 11 is 1.54. The maximum absolute atomic E-state index is 13.9. The minimum Gasteiger partial charge on any atom is -0.379 e. The lowest BCUT2D eigenvalue weighted by atomic mass is 9.90. The van der Waals surface area contributed by atoms with E-state index in [9.17, 15) is 18.7 Å². The number of carbonyl (C=O) groups is 1. The van der Waals surface area contributed by atoms with E-state index in [1.165, 1.54) is 28.4 Å². The molecule has 2 aromatic rings. The number of rotatable bonds is 6.